The summed E-state index contributed by atoms with van der Waals surface area (Å²) in [5, 5.41) is 60.4. The topological polar surface area (TPSA) is 222 Å². The molecule has 0 rings (SSSR count). The van der Waals surface area contributed by atoms with Crippen LogP contribution in [0.5, 0.6) is 0 Å². The van der Waals surface area contributed by atoms with Crippen molar-refractivity contribution < 1.29 is 54.9 Å². The minimum atomic E-state index is -2.74. The zero-order valence-corrected chi connectivity index (χ0v) is 11.2. The third-order valence-electron chi connectivity index (χ3n) is 1.89. The Hall–Kier alpha value is -2.28. The van der Waals surface area contributed by atoms with Crippen LogP contribution in [0.3, 0.4) is 0 Å². The molecule has 0 fully saturated rings. The molecule has 0 aliphatic heterocycles. The maximum atomic E-state index is 10.3. The van der Waals surface area contributed by atoms with E-state index in [-0.39, 0.29) is 13.1 Å². The zero-order chi connectivity index (χ0) is 17.9. The Balaban J connectivity index is 0. The van der Waals surface area contributed by atoms with Gasteiger partial charge in [-0.3, -0.25) is 14.4 Å². The maximum Gasteiger partial charge on any atom is 0.336 e. The largest absolute Gasteiger partial charge is 0.481 e. The third-order valence-corrected chi connectivity index (χ3v) is 1.89. The summed E-state index contributed by atoms with van der Waals surface area (Å²) < 4.78 is 0. The summed E-state index contributed by atoms with van der Waals surface area (Å²) >= 11 is 0. The summed E-state index contributed by atoms with van der Waals surface area (Å²) in [5.74, 6) is -6.04. The number of aliphatic carboxylic acids is 4. The Morgan fingerprint density at radius 1 is 0.864 bits per heavy atom. The van der Waals surface area contributed by atoms with Crippen LogP contribution in [0.25, 0.3) is 0 Å². The van der Waals surface area contributed by atoms with E-state index in [1.165, 1.54) is 0 Å². The molecule has 128 valence electrons. The van der Waals surface area contributed by atoms with Crippen LogP contribution in [0.2, 0.25) is 0 Å². The van der Waals surface area contributed by atoms with Gasteiger partial charge in [0.2, 0.25) is 0 Å². The van der Waals surface area contributed by atoms with Gasteiger partial charge in [0, 0.05) is 6.54 Å². The van der Waals surface area contributed by atoms with Crippen LogP contribution in [0, 0.1) is 0 Å². The van der Waals surface area contributed by atoms with E-state index < -0.39 is 48.6 Å². The molecule has 0 radical (unpaired) electrons. The normalized spacial score (nSPS) is 10.5. The molecule has 0 aromatic rings. The number of hydrogen-bond donors (Lipinski definition) is 8. The van der Waals surface area contributed by atoms with Gasteiger partial charge in [0.1, 0.15) is 0 Å². The average molecular weight is 327 g/mol. The van der Waals surface area contributed by atoms with E-state index in [1.54, 1.807) is 0 Å². The van der Waals surface area contributed by atoms with Crippen LogP contribution in [-0.4, -0.2) is 84.6 Å². The molecular weight excluding hydrogens is 310 g/mol. The number of aliphatic hydroxyl groups excluding tert-OH is 1. The van der Waals surface area contributed by atoms with Gasteiger partial charge in [0.05, 0.1) is 19.4 Å². The highest BCUT2D eigenvalue weighted by Crippen LogP contribution is 2.15. The fraction of sp³-hybridized carbons (Fsp3) is 0.600. The van der Waals surface area contributed by atoms with Crippen LogP contribution >= 0.6 is 0 Å². The summed E-state index contributed by atoms with van der Waals surface area (Å²) in [7, 11) is 0. The number of carboxylic acids is 4. The smallest absolute Gasteiger partial charge is 0.336 e. The van der Waals surface area contributed by atoms with Crippen LogP contribution in [-0.2, 0) is 19.2 Å². The second-order valence-electron chi connectivity index (χ2n) is 3.98. The van der Waals surface area contributed by atoms with Crippen molar-refractivity contribution in [1.29, 1.82) is 0 Å². The van der Waals surface area contributed by atoms with Crippen molar-refractivity contribution in [3.63, 3.8) is 0 Å². The molecule has 22 heavy (non-hydrogen) atoms. The van der Waals surface area contributed by atoms with Gasteiger partial charge in [0.15, 0.2) is 11.9 Å². The molecule has 0 aromatic heterocycles. The number of nitrogens with one attached hydrogen (secondary N) is 1. The summed E-state index contributed by atoms with van der Waals surface area (Å²) in [6.45, 7) is -0.371. The fourth-order valence-corrected chi connectivity index (χ4v) is 1.02. The molecular formula is C10H17NO11. The first-order valence-corrected chi connectivity index (χ1v) is 5.58. The molecule has 0 saturated carbocycles. The Morgan fingerprint density at radius 2 is 1.27 bits per heavy atom. The minimum absolute atomic E-state index is 0.119. The predicted octanol–water partition coefficient (Wildman–Crippen LogP) is -3.28. The van der Waals surface area contributed by atoms with Crippen molar-refractivity contribution in [1.82, 2.24) is 5.32 Å². The molecule has 0 amide bonds. The van der Waals surface area contributed by atoms with Gasteiger partial charge in [-0.1, -0.05) is 0 Å². The molecule has 0 unspecified atom stereocenters. The van der Waals surface area contributed by atoms with E-state index in [0.717, 1.165) is 0 Å². The van der Waals surface area contributed by atoms with Crippen LogP contribution in [0.4, 0.5) is 0 Å². The second kappa shape index (κ2) is 10.4. The van der Waals surface area contributed by atoms with Crippen LogP contribution in [0.15, 0.2) is 0 Å². The molecule has 12 heteroatoms. The number of hydrogen-bond acceptors (Lipinski definition) is 8. The molecule has 0 atom stereocenters. The Kier molecular flexibility index (Phi) is 10.5. The minimum Gasteiger partial charge on any atom is -0.481 e. The van der Waals surface area contributed by atoms with E-state index in [4.69, 9.17) is 35.7 Å². The number of aliphatic hydroxyl groups is 3. The summed E-state index contributed by atoms with van der Waals surface area (Å²) in [5.41, 5.74) is -2.74. The summed E-state index contributed by atoms with van der Waals surface area (Å²) in [4.78, 5) is 40.2. The van der Waals surface area contributed by atoms with Gasteiger partial charge in [-0.15, -0.1) is 0 Å². The number of rotatable bonds is 9. The first kappa shape index (κ1) is 22.0. The highest BCUT2D eigenvalue weighted by molar-refractivity contribution is 5.88. The van der Waals surface area contributed by atoms with Crippen molar-refractivity contribution >= 4 is 23.9 Å². The van der Waals surface area contributed by atoms with Crippen molar-refractivity contribution in [3.8, 4) is 0 Å². The molecule has 0 aromatic carbocycles. The Labute approximate surface area is 123 Å². The van der Waals surface area contributed by atoms with Gasteiger partial charge in [0.25, 0.3) is 0 Å². The lowest BCUT2D eigenvalue weighted by Gasteiger charge is -2.18. The van der Waals surface area contributed by atoms with E-state index in [2.05, 4.69) is 5.32 Å². The van der Waals surface area contributed by atoms with E-state index >= 15 is 0 Å². The van der Waals surface area contributed by atoms with E-state index in [9.17, 15) is 19.2 Å². The molecule has 0 aliphatic rings. The molecule has 0 aliphatic carbocycles. The van der Waals surface area contributed by atoms with Crippen molar-refractivity contribution in [2.24, 2.45) is 0 Å². The first-order valence-electron chi connectivity index (χ1n) is 5.58. The first-order chi connectivity index (χ1) is 9.90. The average Bonchev–Trinajstić information content (AvgIpc) is 2.25. The molecule has 0 saturated heterocycles. The zero-order valence-electron chi connectivity index (χ0n) is 11.2. The van der Waals surface area contributed by atoms with Gasteiger partial charge in [-0.05, 0) is 0 Å². The second-order valence-corrected chi connectivity index (χ2v) is 3.98. The van der Waals surface area contributed by atoms with Gasteiger partial charge in [-0.25, -0.2) is 4.79 Å². The maximum absolute atomic E-state index is 10.3. The molecule has 0 bridgehead atoms. The van der Waals surface area contributed by atoms with Crippen molar-refractivity contribution in [2.45, 2.75) is 24.7 Å². The lowest BCUT2D eigenvalue weighted by molar-refractivity contribution is -0.170. The summed E-state index contributed by atoms with van der Waals surface area (Å²) in [6, 6.07) is 0. The molecule has 0 spiro atoms. The van der Waals surface area contributed by atoms with Crippen LogP contribution < -0.4 is 5.32 Å². The number of carboxylic acid groups (broad SMARTS) is 4. The Bertz CT molecular complexity index is 390. The van der Waals surface area contributed by atoms with Crippen molar-refractivity contribution in [2.75, 3.05) is 13.1 Å². The lowest BCUT2D eigenvalue weighted by Crippen LogP contribution is -2.42. The van der Waals surface area contributed by atoms with Gasteiger partial charge >= 0.3 is 23.9 Å². The molecule has 12 nitrogen and oxygen atoms in total. The Morgan fingerprint density at radius 3 is 1.50 bits per heavy atom. The molecule has 0 heterocycles. The monoisotopic (exact) mass is 327 g/mol. The SMILES string of the molecule is O=C(O)CC(O)(CC(=O)O)C(=O)O.O=C(O)CNCC(O)O. The third kappa shape index (κ3) is 12.7. The standard InChI is InChI=1S/C6H8O7.C4H9NO4/c7-3(8)1-6(13,5(11)12)2-4(9)10;6-3(7)1-5-2-4(8)9/h13H,1-2H2,(H,7,8)(H,9,10)(H,11,12);3,5-7H,1-2H2,(H,8,9). The lowest BCUT2D eigenvalue weighted by atomic mass is 9.96. The van der Waals surface area contributed by atoms with E-state index in [1.807, 2.05) is 0 Å². The summed E-state index contributed by atoms with van der Waals surface area (Å²) in [6.07, 6.45) is -3.77. The van der Waals surface area contributed by atoms with E-state index in [0.29, 0.717) is 0 Å². The fourth-order valence-electron chi connectivity index (χ4n) is 1.02. The highest BCUT2D eigenvalue weighted by Gasteiger charge is 2.40. The number of carbonyl (C=O) groups is 4. The van der Waals surface area contributed by atoms with Gasteiger partial charge in [-0.2, -0.15) is 0 Å². The van der Waals surface area contributed by atoms with Gasteiger partial charge < -0.3 is 41.1 Å². The quantitative estimate of drug-likeness (QED) is 0.195. The van der Waals surface area contributed by atoms with Crippen molar-refractivity contribution in [3.05, 3.63) is 0 Å². The highest BCUT2D eigenvalue weighted by atomic mass is 16.5. The van der Waals surface area contributed by atoms with Crippen LogP contribution in [0.1, 0.15) is 12.8 Å². The molecule has 8 N–H and O–H groups in total. The predicted molar refractivity (Wildman–Crippen MR) is 65.8 cm³/mol.